The van der Waals surface area contributed by atoms with Crippen LogP contribution in [0.4, 0.5) is 4.79 Å². The van der Waals surface area contributed by atoms with E-state index in [-0.39, 0.29) is 6.03 Å². The molecule has 3 saturated heterocycles. The van der Waals surface area contributed by atoms with Gasteiger partial charge in [0.2, 0.25) is 0 Å². The summed E-state index contributed by atoms with van der Waals surface area (Å²) in [5, 5.41) is 3.30. The molecule has 5 heteroatoms. The van der Waals surface area contributed by atoms with E-state index in [1.165, 1.54) is 19.4 Å². The van der Waals surface area contributed by atoms with E-state index >= 15 is 0 Å². The number of carbonyl (C=O) groups excluding carboxylic acids is 1. The summed E-state index contributed by atoms with van der Waals surface area (Å²) in [5.41, 5.74) is 0. The lowest BCUT2D eigenvalue weighted by Crippen LogP contribution is -2.58. The van der Waals surface area contributed by atoms with Crippen LogP contribution in [0.2, 0.25) is 0 Å². The van der Waals surface area contributed by atoms with E-state index in [1.54, 1.807) is 0 Å². The molecule has 3 heterocycles. The Hall–Kier alpha value is -0.810. The summed E-state index contributed by atoms with van der Waals surface area (Å²) >= 11 is 0. The lowest BCUT2D eigenvalue weighted by atomic mass is 9.84. The number of nitrogens with one attached hydrogen (secondary N) is 1. The van der Waals surface area contributed by atoms with Gasteiger partial charge >= 0.3 is 6.03 Å². The Balaban J connectivity index is 1.59. The highest BCUT2D eigenvalue weighted by atomic mass is 16.2. The maximum absolute atomic E-state index is 12.5. The molecule has 0 saturated carbocycles. The second-order valence-electron chi connectivity index (χ2n) is 6.20. The van der Waals surface area contributed by atoms with Crippen molar-refractivity contribution < 1.29 is 4.79 Å². The molecule has 0 aliphatic carbocycles. The number of fused-ring (bicyclic) bond motifs is 1. The minimum atomic E-state index is 0.271. The van der Waals surface area contributed by atoms with E-state index in [2.05, 4.69) is 22.2 Å². The van der Waals surface area contributed by atoms with Crippen molar-refractivity contribution in [2.24, 2.45) is 5.92 Å². The Bertz CT molecular complexity index is 329. The van der Waals surface area contributed by atoms with Gasteiger partial charge in [0.25, 0.3) is 0 Å². The molecule has 0 radical (unpaired) electrons. The van der Waals surface area contributed by atoms with Crippen LogP contribution in [0.25, 0.3) is 0 Å². The van der Waals surface area contributed by atoms with Crippen LogP contribution >= 0.6 is 0 Å². The topological polar surface area (TPSA) is 38.8 Å². The van der Waals surface area contributed by atoms with Crippen molar-refractivity contribution >= 4 is 6.03 Å². The first-order chi connectivity index (χ1) is 9.25. The van der Waals surface area contributed by atoms with Crippen LogP contribution in [0.3, 0.4) is 0 Å². The van der Waals surface area contributed by atoms with Crippen LogP contribution in [0.5, 0.6) is 0 Å². The monoisotopic (exact) mass is 266 g/mol. The zero-order valence-corrected chi connectivity index (χ0v) is 12.0. The van der Waals surface area contributed by atoms with Gasteiger partial charge in [0.05, 0.1) is 0 Å². The Labute approximate surface area is 115 Å². The van der Waals surface area contributed by atoms with Crippen LogP contribution in [-0.2, 0) is 0 Å². The highest BCUT2D eigenvalue weighted by Gasteiger charge is 2.36. The number of hydrogen-bond donors (Lipinski definition) is 1. The van der Waals surface area contributed by atoms with Crippen molar-refractivity contribution in [2.45, 2.75) is 25.3 Å². The van der Waals surface area contributed by atoms with Crippen molar-refractivity contribution in [3.63, 3.8) is 0 Å². The summed E-state index contributed by atoms with van der Waals surface area (Å²) in [7, 11) is 2.24. The standard InChI is InChI=1S/C14H26N4O/c1-16-7-2-3-12-11-18(8-4-13(12)16)14(19)17-9-5-15-6-10-17/h12-13,15H,2-11H2,1H3. The summed E-state index contributed by atoms with van der Waals surface area (Å²) in [6.07, 6.45) is 3.73. The molecule has 2 unspecified atom stereocenters. The number of nitrogens with zero attached hydrogens (tertiary/aromatic N) is 3. The Morgan fingerprint density at radius 3 is 2.63 bits per heavy atom. The molecular formula is C14H26N4O. The first-order valence-electron chi connectivity index (χ1n) is 7.70. The van der Waals surface area contributed by atoms with E-state index in [0.29, 0.717) is 12.0 Å². The molecule has 108 valence electrons. The minimum absolute atomic E-state index is 0.271. The Morgan fingerprint density at radius 1 is 1.05 bits per heavy atom. The first-order valence-corrected chi connectivity index (χ1v) is 7.70. The predicted octanol–water partition coefficient (Wildman–Crippen LogP) is 0.428. The van der Waals surface area contributed by atoms with Gasteiger partial charge in [-0.2, -0.15) is 0 Å². The molecule has 0 aromatic carbocycles. The van der Waals surface area contributed by atoms with Crippen molar-refractivity contribution in [3.05, 3.63) is 0 Å². The molecule has 0 aromatic rings. The largest absolute Gasteiger partial charge is 0.324 e. The molecule has 2 amide bonds. The van der Waals surface area contributed by atoms with Gasteiger partial charge in [-0.3, -0.25) is 0 Å². The third kappa shape index (κ3) is 2.72. The third-order valence-corrected chi connectivity index (χ3v) is 5.00. The highest BCUT2D eigenvalue weighted by molar-refractivity contribution is 5.74. The van der Waals surface area contributed by atoms with E-state index < -0.39 is 0 Å². The fourth-order valence-electron chi connectivity index (χ4n) is 3.88. The van der Waals surface area contributed by atoms with Gasteiger partial charge in [0.15, 0.2) is 0 Å². The lowest BCUT2D eigenvalue weighted by Gasteiger charge is -2.47. The maximum atomic E-state index is 12.5. The quantitative estimate of drug-likeness (QED) is 0.691. The lowest BCUT2D eigenvalue weighted by molar-refractivity contribution is 0.0425. The first kappa shape index (κ1) is 13.2. The number of amides is 2. The van der Waals surface area contributed by atoms with Gasteiger partial charge in [-0.1, -0.05) is 0 Å². The molecule has 0 aromatic heterocycles. The van der Waals surface area contributed by atoms with E-state index in [4.69, 9.17) is 0 Å². The number of hydrogen-bond acceptors (Lipinski definition) is 3. The van der Waals surface area contributed by atoms with Crippen LogP contribution in [-0.4, -0.2) is 79.6 Å². The van der Waals surface area contributed by atoms with Gasteiger partial charge in [-0.05, 0) is 38.8 Å². The third-order valence-electron chi connectivity index (χ3n) is 5.00. The SMILES string of the molecule is CN1CCCC2CN(C(=O)N3CCNCC3)CCC21. The molecule has 0 spiro atoms. The Morgan fingerprint density at radius 2 is 1.84 bits per heavy atom. The number of piperazine rings is 1. The number of urea groups is 1. The molecule has 5 nitrogen and oxygen atoms in total. The molecule has 19 heavy (non-hydrogen) atoms. The maximum Gasteiger partial charge on any atom is 0.320 e. The summed E-state index contributed by atoms with van der Waals surface area (Å²) < 4.78 is 0. The number of piperidine rings is 2. The van der Waals surface area contributed by atoms with E-state index in [9.17, 15) is 4.79 Å². The van der Waals surface area contributed by atoms with Crippen molar-refractivity contribution in [3.8, 4) is 0 Å². The zero-order chi connectivity index (χ0) is 13.2. The predicted molar refractivity (Wildman–Crippen MR) is 75.2 cm³/mol. The van der Waals surface area contributed by atoms with Gasteiger partial charge in [0, 0.05) is 45.3 Å². The molecular weight excluding hydrogens is 240 g/mol. The van der Waals surface area contributed by atoms with Crippen molar-refractivity contribution in [1.29, 1.82) is 0 Å². The van der Waals surface area contributed by atoms with Gasteiger partial charge in [0.1, 0.15) is 0 Å². The number of rotatable bonds is 0. The molecule has 3 aliphatic heterocycles. The van der Waals surface area contributed by atoms with Crippen LogP contribution in [0.15, 0.2) is 0 Å². The van der Waals surface area contributed by atoms with E-state index in [1.807, 2.05) is 4.90 Å². The normalized spacial score (nSPS) is 33.1. The fraction of sp³-hybridized carbons (Fsp3) is 0.929. The molecule has 0 bridgehead atoms. The average Bonchev–Trinajstić information content (AvgIpc) is 2.47. The second kappa shape index (κ2) is 5.67. The summed E-state index contributed by atoms with van der Waals surface area (Å²) in [4.78, 5) is 19.1. The average molecular weight is 266 g/mol. The van der Waals surface area contributed by atoms with Crippen LogP contribution in [0, 0.1) is 5.92 Å². The summed E-state index contributed by atoms with van der Waals surface area (Å²) in [5.74, 6) is 0.694. The molecule has 1 N–H and O–H groups in total. The smallest absolute Gasteiger partial charge is 0.320 e. The van der Waals surface area contributed by atoms with E-state index in [0.717, 1.165) is 45.7 Å². The molecule has 3 rings (SSSR count). The molecule has 3 aliphatic rings. The summed E-state index contributed by atoms with van der Waals surface area (Å²) in [6, 6.07) is 0.981. The van der Waals surface area contributed by atoms with Gasteiger partial charge in [-0.25, -0.2) is 4.79 Å². The van der Waals surface area contributed by atoms with Crippen LogP contribution < -0.4 is 5.32 Å². The van der Waals surface area contributed by atoms with Crippen LogP contribution in [0.1, 0.15) is 19.3 Å². The minimum Gasteiger partial charge on any atom is -0.324 e. The molecule has 2 atom stereocenters. The second-order valence-corrected chi connectivity index (χ2v) is 6.20. The zero-order valence-electron chi connectivity index (χ0n) is 12.0. The fourth-order valence-corrected chi connectivity index (χ4v) is 3.88. The van der Waals surface area contributed by atoms with Gasteiger partial charge < -0.3 is 20.0 Å². The number of carbonyl (C=O) groups is 1. The molecule has 3 fully saturated rings. The number of likely N-dealkylation sites (tertiary alicyclic amines) is 2. The summed E-state index contributed by atoms with van der Waals surface area (Å²) in [6.45, 7) is 6.74. The van der Waals surface area contributed by atoms with Crippen molar-refractivity contribution in [2.75, 3.05) is 52.9 Å². The van der Waals surface area contributed by atoms with Gasteiger partial charge in [-0.15, -0.1) is 0 Å². The van der Waals surface area contributed by atoms with Crippen molar-refractivity contribution in [1.82, 2.24) is 20.0 Å². The Kier molecular flexibility index (Phi) is 3.93. The highest BCUT2D eigenvalue weighted by Crippen LogP contribution is 2.29.